The summed E-state index contributed by atoms with van der Waals surface area (Å²) < 4.78 is 32.6. The minimum Gasteiger partial charge on any atom is -0.462 e. The third-order valence-corrected chi connectivity index (χ3v) is 10.4. The van der Waals surface area contributed by atoms with E-state index in [1.54, 1.807) is 0 Å². The normalized spacial score (nSPS) is 14.8. The maximum Gasteiger partial charge on any atom is 0.472 e. The van der Waals surface area contributed by atoms with E-state index in [1.165, 1.54) is 83.5 Å². The lowest BCUT2D eigenvalue weighted by Gasteiger charge is -2.20. The van der Waals surface area contributed by atoms with Gasteiger partial charge in [-0.15, -0.1) is 0 Å². The molecular formula is C45H82NO10P. The molecule has 0 aromatic heterocycles. The van der Waals surface area contributed by atoms with Crippen LogP contribution in [0.15, 0.2) is 48.6 Å². The molecule has 0 aliphatic rings. The second kappa shape index (κ2) is 40.7. The van der Waals surface area contributed by atoms with Gasteiger partial charge >= 0.3 is 19.8 Å². The van der Waals surface area contributed by atoms with Crippen LogP contribution in [0.4, 0.5) is 0 Å². The molecule has 0 radical (unpaired) electrons. The summed E-state index contributed by atoms with van der Waals surface area (Å²) in [6.07, 6.45) is 38.9. The minimum atomic E-state index is -4.45. The van der Waals surface area contributed by atoms with Gasteiger partial charge in [-0.05, 0) is 51.4 Å². The van der Waals surface area contributed by atoms with Gasteiger partial charge in [0.1, 0.15) is 6.61 Å². The Hall–Kier alpha value is -2.11. The summed E-state index contributed by atoms with van der Waals surface area (Å²) in [6, 6.07) is 0. The van der Waals surface area contributed by atoms with E-state index < -0.39 is 44.7 Å². The molecule has 0 aromatic rings. The quantitative estimate of drug-likeness (QED) is 0.0200. The van der Waals surface area contributed by atoms with Gasteiger partial charge in [-0.1, -0.05) is 165 Å². The van der Waals surface area contributed by atoms with Crippen molar-refractivity contribution in [1.29, 1.82) is 0 Å². The summed E-state index contributed by atoms with van der Waals surface area (Å²) in [5.41, 5.74) is 5.33. The molecule has 0 aliphatic heterocycles. The lowest BCUT2D eigenvalue weighted by atomic mass is 10.0. The summed E-state index contributed by atoms with van der Waals surface area (Å²) in [6.45, 7) is 3.29. The Morgan fingerprint density at radius 2 is 1.07 bits per heavy atom. The second-order valence-electron chi connectivity index (χ2n) is 14.9. The standard InChI is InChI=1S/C45H82NO10P/c1-3-5-7-9-11-13-15-17-18-19-20-21-23-25-27-29-31-35-45(50)56-41(40-55-57(51,52)54-38-37-46)39-53-44(49)36-32-34-43(48)42(47)33-30-28-26-24-22-16-14-12-10-8-6-4-2/h6,8,12,14,22,24,28,30,41-43,47-48H,3-5,7,9-11,13,15-21,23,25-27,29,31-40,46H2,1-2H3,(H,51,52)/b8-6-,14-12-,24-22-,30-28-/t41-,42+,43+/m1/s1. The number of aliphatic hydroxyl groups excluding tert-OH is 2. The van der Waals surface area contributed by atoms with E-state index in [4.69, 9.17) is 24.3 Å². The minimum absolute atomic E-state index is 0.0133. The van der Waals surface area contributed by atoms with Crippen LogP contribution >= 0.6 is 7.82 Å². The Morgan fingerprint density at radius 1 is 0.596 bits per heavy atom. The maximum absolute atomic E-state index is 12.6. The molecular weight excluding hydrogens is 745 g/mol. The fraction of sp³-hybridized carbons (Fsp3) is 0.778. The van der Waals surface area contributed by atoms with Crippen molar-refractivity contribution in [3.05, 3.63) is 48.6 Å². The first-order chi connectivity index (χ1) is 27.6. The van der Waals surface area contributed by atoms with Gasteiger partial charge in [0.2, 0.25) is 0 Å². The van der Waals surface area contributed by atoms with Gasteiger partial charge in [-0.2, -0.15) is 0 Å². The lowest BCUT2D eigenvalue weighted by Crippen LogP contribution is -2.30. The highest BCUT2D eigenvalue weighted by Gasteiger charge is 2.26. The highest BCUT2D eigenvalue weighted by atomic mass is 31.2. The number of ether oxygens (including phenoxy) is 2. The van der Waals surface area contributed by atoms with Crippen molar-refractivity contribution in [2.75, 3.05) is 26.4 Å². The van der Waals surface area contributed by atoms with Crippen molar-refractivity contribution < 1.29 is 47.8 Å². The number of phosphoric ester groups is 1. The van der Waals surface area contributed by atoms with Crippen molar-refractivity contribution in [3.8, 4) is 0 Å². The Kier molecular flexibility index (Phi) is 39.2. The maximum atomic E-state index is 12.6. The summed E-state index contributed by atoms with van der Waals surface area (Å²) in [7, 11) is -4.45. The Bertz CT molecular complexity index is 1110. The molecule has 0 fully saturated rings. The molecule has 0 rings (SSSR count). The SMILES string of the molecule is CC/C=C\C/C=C\C/C=C\C/C=C\C[C@H](O)[C@@H](O)CCCC(=O)OC[C@H](COP(=O)(O)OCCN)OC(=O)CCCCCCCCCCCCCCCCCCC. The van der Waals surface area contributed by atoms with Crippen molar-refractivity contribution in [3.63, 3.8) is 0 Å². The number of rotatable bonds is 41. The number of hydrogen-bond donors (Lipinski definition) is 4. The molecule has 0 amide bonds. The van der Waals surface area contributed by atoms with E-state index in [0.717, 1.165) is 44.9 Å². The number of unbranched alkanes of at least 4 members (excludes halogenated alkanes) is 16. The van der Waals surface area contributed by atoms with Crippen LogP contribution in [0, 0.1) is 0 Å². The molecule has 0 aliphatic carbocycles. The average Bonchev–Trinajstić information content (AvgIpc) is 3.19. The third kappa shape index (κ3) is 39.1. The van der Waals surface area contributed by atoms with Gasteiger partial charge in [0.05, 0.1) is 25.4 Å². The predicted octanol–water partition coefficient (Wildman–Crippen LogP) is 10.7. The molecule has 1 unspecified atom stereocenters. The van der Waals surface area contributed by atoms with Crippen molar-refractivity contribution in [2.45, 2.75) is 199 Å². The molecule has 0 bridgehead atoms. The van der Waals surface area contributed by atoms with Crippen LogP contribution in [0.25, 0.3) is 0 Å². The lowest BCUT2D eigenvalue weighted by molar-refractivity contribution is -0.161. The van der Waals surface area contributed by atoms with Gasteiger partial charge in [-0.3, -0.25) is 18.6 Å². The summed E-state index contributed by atoms with van der Waals surface area (Å²) >= 11 is 0. The van der Waals surface area contributed by atoms with Crippen molar-refractivity contribution in [2.24, 2.45) is 5.73 Å². The number of carbonyl (C=O) groups is 2. The molecule has 0 spiro atoms. The van der Waals surface area contributed by atoms with Crippen molar-refractivity contribution >= 4 is 19.8 Å². The molecule has 4 atom stereocenters. The Morgan fingerprint density at radius 3 is 1.58 bits per heavy atom. The first-order valence-electron chi connectivity index (χ1n) is 22.3. The zero-order valence-electron chi connectivity index (χ0n) is 35.8. The van der Waals surface area contributed by atoms with Gasteiger partial charge in [0.25, 0.3) is 0 Å². The van der Waals surface area contributed by atoms with E-state index >= 15 is 0 Å². The zero-order chi connectivity index (χ0) is 42.1. The largest absolute Gasteiger partial charge is 0.472 e. The Labute approximate surface area is 346 Å². The molecule has 12 heteroatoms. The van der Waals surface area contributed by atoms with Crippen LogP contribution in [0.3, 0.4) is 0 Å². The van der Waals surface area contributed by atoms with Crippen LogP contribution in [0.2, 0.25) is 0 Å². The van der Waals surface area contributed by atoms with E-state index in [1.807, 2.05) is 12.2 Å². The van der Waals surface area contributed by atoms with Gasteiger partial charge in [-0.25, -0.2) is 4.57 Å². The van der Waals surface area contributed by atoms with Crippen molar-refractivity contribution in [1.82, 2.24) is 0 Å². The molecule has 57 heavy (non-hydrogen) atoms. The molecule has 0 saturated heterocycles. The number of esters is 2. The predicted molar refractivity (Wildman–Crippen MR) is 232 cm³/mol. The van der Waals surface area contributed by atoms with Gasteiger partial charge < -0.3 is 30.3 Å². The van der Waals surface area contributed by atoms with Gasteiger partial charge in [0.15, 0.2) is 6.10 Å². The molecule has 0 heterocycles. The van der Waals surface area contributed by atoms with E-state index in [2.05, 4.69) is 50.3 Å². The fourth-order valence-corrected chi connectivity index (χ4v) is 6.78. The number of aliphatic hydroxyl groups is 2. The third-order valence-electron chi connectivity index (χ3n) is 9.43. The monoisotopic (exact) mass is 828 g/mol. The van der Waals surface area contributed by atoms with Crippen LogP contribution in [-0.4, -0.2) is 71.7 Å². The Balaban J connectivity index is 4.36. The summed E-state index contributed by atoms with van der Waals surface area (Å²) in [4.78, 5) is 34.9. The van der Waals surface area contributed by atoms with Gasteiger partial charge in [0, 0.05) is 19.4 Å². The molecule has 5 N–H and O–H groups in total. The topological polar surface area (TPSA) is 175 Å². The molecule has 0 aromatic carbocycles. The van der Waals surface area contributed by atoms with Crippen LogP contribution in [0.5, 0.6) is 0 Å². The first-order valence-corrected chi connectivity index (χ1v) is 23.8. The first kappa shape index (κ1) is 54.9. The number of phosphoric acid groups is 1. The highest BCUT2D eigenvalue weighted by Crippen LogP contribution is 2.43. The van der Waals surface area contributed by atoms with Crippen LogP contribution in [-0.2, 0) is 32.7 Å². The summed E-state index contributed by atoms with van der Waals surface area (Å²) in [5, 5.41) is 20.6. The molecule has 11 nitrogen and oxygen atoms in total. The van der Waals surface area contributed by atoms with Crippen LogP contribution in [0.1, 0.15) is 181 Å². The molecule has 332 valence electrons. The summed E-state index contributed by atoms with van der Waals surface area (Å²) in [5.74, 6) is -1.11. The van der Waals surface area contributed by atoms with Crippen LogP contribution < -0.4 is 5.73 Å². The molecule has 0 saturated carbocycles. The average molecular weight is 828 g/mol. The highest BCUT2D eigenvalue weighted by molar-refractivity contribution is 7.47. The van der Waals surface area contributed by atoms with E-state index in [-0.39, 0.29) is 45.4 Å². The second-order valence-corrected chi connectivity index (χ2v) is 16.3. The van der Waals surface area contributed by atoms with E-state index in [0.29, 0.717) is 12.8 Å². The number of carbonyl (C=O) groups excluding carboxylic acids is 2. The number of nitrogens with two attached hydrogens (primary N) is 1. The number of hydrogen-bond acceptors (Lipinski definition) is 10. The number of allylic oxidation sites excluding steroid dienone is 7. The zero-order valence-corrected chi connectivity index (χ0v) is 36.7. The van der Waals surface area contributed by atoms with E-state index in [9.17, 15) is 29.3 Å². The smallest absolute Gasteiger partial charge is 0.462 e. The fourth-order valence-electron chi connectivity index (χ4n) is 6.02.